The van der Waals surface area contributed by atoms with Gasteiger partial charge in [-0.1, -0.05) is 52.5 Å². The highest BCUT2D eigenvalue weighted by Gasteiger charge is 2.39. The zero-order valence-electron chi connectivity index (χ0n) is 23.5. The maximum atomic E-state index is 11.0. The molecule has 0 unspecified atom stereocenters. The van der Waals surface area contributed by atoms with Gasteiger partial charge in [-0.05, 0) is 64.2 Å². The molecule has 0 aromatic heterocycles. The zero-order chi connectivity index (χ0) is 27.2. The van der Waals surface area contributed by atoms with Crippen LogP contribution in [0.1, 0.15) is 110 Å². The average Bonchev–Trinajstić information content (AvgIpc) is 2.81. The molecule has 6 nitrogen and oxygen atoms in total. The molecule has 0 saturated heterocycles. The Morgan fingerprint density at radius 1 is 0.838 bits per heavy atom. The number of benzene rings is 2. The van der Waals surface area contributed by atoms with Gasteiger partial charge in [-0.3, -0.25) is 0 Å². The second kappa shape index (κ2) is 12.3. The van der Waals surface area contributed by atoms with Crippen LogP contribution in [-0.4, -0.2) is 32.6 Å². The van der Waals surface area contributed by atoms with Crippen molar-refractivity contribution < 1.29 is 29.5 Å². The molecule has 2 aromatic carbocycles. The second-order valence-corrected chi connectivity index (χ2v) is 11.3. The Labute approximate surface area is 222 Å². The molecule has 0 saturated carbocycles. The first-order valence-electron chi connectivity index (χ1n) is 13.9. The molecule has 2 aromatic rings. The molecule has 2 atom stereocenters. The van der Waals surface area contributed by atoms with E-state index in [0.29, 0.717) is 29.0 Å². The number of ether oxygens (including phenoxy) is 3. The largest absolute Gasteiger partial charge is 0.507 e. The molecule has 0 radical (unpaired) electrons. The Hall–Kier alpha value is -2.60. The second-order valence-electron chi connectivity index (χ2n) is 11.3. The number of hydrogen-bond donors (Lipinski definition) is 3. The lowest BCUT2D eigenvalue weighted by Gasteiger charge is -2.40. The van der Waals surface area contributed by atoms with Crippen molar-refractivity contribution in [1.29, 1.82) is 0 Å². The fourth-order valence-electron chi connectivity index (χ4n) is 5.44. The van der Waals surface area contributed by atoms with Gasteiger partial charge in [0.2, 0.25) is 0 Å². The summed E-state index contributed by atoms with van der Waals surface area (Å²) in [5, 5.41) is 31.1. The first-order valence-corrected chi connectivity index (χ1v) is 13.9. The number of phenols is 3. The summed E-state index contributed by atoms with van der Waals surface area (Å²) in [6.45, 7) is 12.7. The van der Waals surface area contributed by atoms with Crippen LogP contribution in [0.2, 0.25) is 0 Å². The Morgan fingerprint density at radius 3 is 2.16 bits per heavy atom. The summed E-state index contributed by atoms with van der Waals surface area (Å²) in [6, 6.07) is 8.25. The van der Waals surface area contributed by atoms with Crippen molar-refractivity contribution in [3.05, 3.63) is 41.5 Å². The Bertz CT molecular complexity index is 1020. The van der Waals surface area contributed by atoms with Crippen LogP contribution in [0.15, 0.2) is 30.3 Å². The van der Waals surface area contributed by atoms with Gasteiger partial charge >= 0.3 is 0 Å². The molecule has 206 valence electrons. The third-order valence-corrected chi connectivity index (χ3v) is 7.25. The lowest BCUT2D eigenvalue weighted by molar-refractivity contribution is -0.135. The van der Waals surface area contributed by atoms with Crippen molar-refractivity contribution in [1.82, 2.24) is 0 Å². The van der Waals surface area contributed by atoms with Crippen LogP contribution in [0, 0.1) is 0 Å². The molecule has 3 rings (SSSR count). The van der Waals surface area contributed by atoms with Gasteiger partial charge in [0.25, 0.3) is 0 Å². The monoisotopic (exact) mass is 514 g/mol. The molecular weight excluding hydrogens is 468 g/mol. The van der Waals surface area contributed by atoms with Gasteiger partial charge < -0.3 is 29.5 Å². The van der Waals surface area contributed by atoms with Crippen LogP contribution in [0.5, 0.6) is 28.7 Å². The Kier molecular flexibility index (Phi) is 9.63. The molecule has 0 fully saturated rings. The van der Waals surface area contributed by atoms with Gasteiger partial charge in [0.15, 0.2) is 17.6 Å². The summed E-state index contributed by atoms with van der Waals surface area (Å²) in [6.07, 6.45) is 7.64. The first kappa shape index (κ1) is 29.0. The SMILES string of the molecule is CCCCCC(C)(C)Oc1cc(O)c2c(c1)O[C@H](c1ccc(O)c(O)c1)[C@H](OC(C)(CCC)CCC)C2. The summed E-state index contributed by atoms with van der Waals surface area (Å²) in [7, 11) is 0. The maximum Gasteiger partial charge on any atom is 0.157 e. The fourth-order valence-corrected chi connectivity index (χ4v) is 5.44. The summed E-state index contributed by atoms with van der Waals surface area (Å²) >= 11 is 0. The molecule has 1 heterocycles. The van der Waals surface area contributed by atoms with Gasteiger partial charge in [0.1, 0.15) is 29.0 Å². The van der Waals surface area contributed by atoms with E-state index in [0.717, 1.165) is 51.4 Å². The molecule has 0 amide bonds. The lowest BCUT2D eigenvalue weighted by atomic mass is 9.90. The number of phenolic OH excluding ortho intramolecular Hbond substituents is 3. The van der Waals surface area contributed by atoms with Crippen LogP contribution in [-0.2, 0) is 11.2 Å². The minimum absolute atomic E-state index is 0.130. The number of unbranched alkanes of at least 4 members (excludes halogenated alkanes) is 2. The minimum Gasteiger partial charge on any atom is -0.507 e. The standard InChI is InChI=1S/C31H46O6/c1-7-10-11-16-30(4,5)36-22-18-25(33)23-20-28(37-31(6,14-8-2)15-9-3)29(35-27(23)19-22)21-12-13-24(32)26(34)17-21/h12-13,17-19,28-29,32-34H,7-11,14-16,20H2,1-6H3/t28-,29-/m1/s1. The summed E-state index contributed by atoms with van der Waals surface area (Å²) in [4.78, 5) is 0. The molecular formula is C31H46O6. The summed E-state index contributed by atoms with van der Waals surface area (Å²) in [5.74, 6) is 0.850. The quantitative estimate of drug-likeness (QED) is 0.186. The predicted molar refractivity (Wildman–Crippen MR) is 147 cm³/mol. The molecule has 6 heteroatoms. The van der Waals surface area contributed by atoms with Gasteiger partial charge in [-0.25, -0.2) is 0 Å². The van der Waals surface area contributed by atoms with Crippen LogP contribution in [0.3, 0.4) is 0 Å². The third kappa shape index (κ3) is 7.47. The lowest BCUT2D eigenvalue weighted by Crippen LogP contribution is -2.41. The summed E-state index contributed by atoms with van der Waals surface area (Å²) < 4.78 is 19.6. The molecule has 1 aliphatic heterocycles. The van der Waals surface area contributed by atoms with Gasteiger partial charge in [-0.15, -0.1) is 0 Å². The summed E-state index contributed by atoms with van der Waals surface area (Å²) in [5.41, 5.74) is 0.677. The van der Waals surface area contributed by atoms with E-state index in [4.69, 9.17) is 14.2 Å². The van der Waals surface area contributed by atoms with E-state index >= 15 is 0 Å². The van der Waals surface area contributed by atoms with Crippen LogP contribution in [0.4, 0.5) is 0 Å². The highest BCUT2D eigenvalue weighted by atomic mass is 16.6. The number of rotatable bonds is 13. The van der Waals surface area contributed by atoms with Crippen molar-refractivity contribution in [3.63, 3.8) is 0 Å². The highest BCUT2D eigenvalue weighted by Crippen LogP contribution is 2.46. The molecule has 0 bridgehead atoms. The predicted octanol–water partition coefficient (Wildman–Crippen LogP) is 7.96. The van der Waals surface area contributed by atoms with Crippen molar-refractivity contribution in [3.8, 4) is 28.7 Å². The Morgan fingerprint density at radius 2 is 1.54 bits per heavy atom. The first-order chi connectivity index (χ1) is 17.5. The van der Waals surface area contributed by atoms with E-state index < -0.39 is 6.10 Å². The number of fused-ring (bicyclic) bond motifs is 1. The number of hydrogen-bond acceptors (Lipinski definition) is 6. The van der Waals surface area contributed by atoms with Crippen molar-refractivity contribution in [2.45, 2.75) is 123 Å². The van der Waals surface area contributed by atoms with Crippen molar-refractivity contribution >= 4 is 0 Å². The third-order valence-electron chi connectivity index (χ3n) is 7.25. The average molecular weight is 515 g/mol. The van der Waals surface area contributed by atoms with E-state index in [9.17, 15) is 15.3 Å². The molecule has 0 spiro atoms. The topological polar surface area (TPSA) is 88.4 Å². The molecule has 1 aliphatic rings. The highest BCUT2D eigenvalue weighted by molar-refractivity contribution is 5.52. The zero-order valence-corrected chi connectivity index (χ0v) is 23.5. The smallest absolute Gasteiger partial charge is 0.157 e. The Balaban J connectivity index is 1.96. The van der Waals surface area contributed by atoms with E-state index in [1.807, 2.05) is 6.07 Å². The van der Waals surface area contributed by atoms with Crippen LogP contribution >= 0.6 is 0 Å². The van der Waals surface area contributed by atoms with E-state index in [2.05, 4.69) is 41.5 Å². The molecule has 3 N–H and O–H groups in total. The van der Waals surface area contributed by atoms with Crippen LogP contribution in [0.25, 0.3) is 0 Å². The molecule has 0 aliphatic carbocycles. The van der Waals surface area contributed by atoms with E-state index in [-0.39, 0.29) is 34.6 Å². The van der Waals surface area contributed by atoms with E-state index in [1.165, 1.54) is 12.1 Å². The molecule has 37 heavy (non-hydrogen) atoms. The fraction of sp³-hybridized carbons (Fsp3) is 0.613. The van der Waals surface area contributed by atoms with E-state index in [1.54, 1.807) is 12.1 Å². The normalized spacial score (nSPS) is 17.8. The minimum atomic E-state index is -0.528. The maximum absolute atomic E-state index is 11.0. The van der Waals surface area contributed by atoms with Crippen molar-refractivity contribution in [2.75, 3.05) is 0 Å². The van der Waals surface area contributed by atoms with Crippen molar-refractivity contribution in [2.24, 2.45) is 0 Å². The van der Waals surface area contributed by atoms with Gasteiger partial charge in [0, 0.05) is 24.1 Å². The number of aromatic hydroxyl groups is 3. The van der Waals surface area contributed by atoms with Crippen LogP contribution < -0.4 is 9.47 Å². The van der Waals surface area contributed by atoms with Gasteiger partial charge in [-0.2, -0.15) is 0 Å². The van der Waals surface area contributed by atoms with Gasteiger partial charge in [0.05, 0.1) is 5.60 Å².